The van der Waals surface area contributed by atoms with Crippen molar-refractivity contribution in [2.24, 2.45) is 5.41 Å². The van der Waals surface area contributed by atoms with E-state index in [4.69, 9.17) is 9.47 Å². The summed E-state index contributed by atoms with van der Waals surface area (Å²) in [7, 11) is 1.71. The highest BCUT2D eigenvalue weighted by molar-refractivity contribution is 7.09. The predicted octanol–water partition coefficient (Wildman–Crippen LogP) is 2.88. The molecule has 4 rings (SSSR count). The normalized spacial score (nSPS) is 24.8. The standard InChI is InChI=1S/C20H27N3O2S/c1-24-18-4-2-17(3-5-18)12-23-9-10-25-16-20(15-23)6-8-22(14-20)13-19-21-7-11-26-19/h2-5,7,11H,6,8-10,12-16H2,1H3/t20-/m1/s1. The van der Waals surface area contributed by atoms with E-state index in [0.29, 0.717) is 0 Å². The van der Waals surface area contributed by atoms with E-state index < -0.39 is 0 Å². The van der Waals surface area contributed by atoms with E-state index in [9.17, 15) is 0 Å². The molecule has 0 N–H and O–H groups in total. The van der Waals surface area contributed by atoms with Gasteiger partial charge in [0, 0.05) is 43.2 Å². The highest BCUT2D eigenvalue weighted by atomic mass is 32.1. The molecule has 1 aromatic carbocycles. The minimum atomic E-state index is 0.250. The molecule has 26 heavy (non-hydrogen) atoms. The zero-order valence-electron chi connectivity index (χ0n) is 15.4. The SMILES string of the molecule is COc1ccc(CN2CCOC[C@@]3(CCN(Cc4nccs4)C3)C2)cc1. The van der Waals surface area contributed by atoms with Crippen LogP contribution in [0, 0.1) is 5.41 Å². The number of thiazole rings is 1. The van der Waals surface area contributed by atoms with Gasteiger partial charge in [0.05, 0.1) is 26.9 Å². The largest absolute Gasteiger partial charge is 0.497 e. The minimum Gasteiger partial charge on any atom is -0.497 e. The number of nitrogens with zero attached hydrogens (tertiary/aromatic N) is 3. The third kappa shape index (κ3) is 4.26. The maximum absolute atomic E-state index is 6.02. The average Bonchev–Trinajstić information content (AvgIpc) is 3.25. The lowest BCUT2D eigenvalue weighted by Crippen LogP contribution is -2.40. The second kappa shape index (κ2) is 8.05. The Hall–Kier alpha value is -1.47. The third-order valence-electron chi connectivity index (χ3n) is 5.44. The van der Waals surface area contributed by atoms with Crippen LogP contribution in [0.3, 0.4) is 0 Å². The van der Waals surface area contributed by atoms with Gasteiger partial charge in [0.15, 0.2) is 0 Å². The van der Waals surface area contributed by atoms with E-state index in [1.54, 1.807) is 18.4 Å². The van der Waals surface area contributed by atoms with Crippen LogP contribution in [-0.4, -0.2) is 61.3 Å². The van der Waals surface area contributed by atoms with Crippen LogP contribution in [0.15, 0.2) is 35.8 Å². The molecule has 2 saturated heterocycles. The van der Waals surface area contributed by atoms with Crippen LogP contribution in [-0.2, 0) is 17.8 Å². The maximum atomic E-state index is 6.02. The minimum absolute atomic E-state index is 0.250. The fraction of sp³-hybridized carbons (Fsp3) is 0.550. The van der Waals surface area contributed by atoms with Crippen LogP contribution in [0.5, 0.6) is 5.75 Å². The molecule has 0 bridgehead atoms. The van der Waals surface area contributed by atoms with Gasteiger partial charge in [-0.15, -0.1) is 11.3 Å². The molecule has 140 valence electrons. The summed E-state index contributed by atoms with van der Waals surface area (Å²) in [6.07, 6.45) is 3.11. The Kier molecular flexibility index (Phi) is 5.55. The molecule has 0 amide bonds. The molecule has 3 heterocycles. The molecule has 1 atom stereocenters. The first-order chi connectivity index (χ1) is 12.7. The van der Waals surface area contributed by atoms with Crippen molar-refractivity contribution in [2.45, 2.75) is 19.5 Å². The molecule has 1 aromatic heterocycles. The molecule has 0 saturated carbocycles. The van der Waals surface area contributed by atoms with Crippen LogP contribution >= 0.6 is 11.3 Å². The van der Waals surface area contributed by atoms with Crippen molar-refractivity contribution in [3.8, 4) is 5.75 Å². The number of hydrogen-bond donors (Lipinski definition) is 0. The fourth-order valence-electron chi connectivity index (χ4n) is 4.14. The number of benzene rings is 1. The molecule has 0 aliphatic carbocycles. The molecule has 0 unspecified atom stereocenters. The van der Waals surface area contributed by atoms with E-state index in [2.05, 4.69) is 32.3 Å². The summed E-state index contributed by atoms with van der Waals surface area (Å²) in [5.41, 5.74) is 1.58. The van der Waals surface area contributed by atoms with Crippen molar-refractivity contribution >= 4 is 11.3 Å². The van der Waals surface area contributed by atoms with Crippen molar-refractivity contribution in [1.82, 2.24) is 14.8 Å². The summed E-state index contributed by atoms with van der Waals surface area (Å²) < 4.78 is 11.3. The van der Waals surface area contributed by atoms with Crippen molar-refractivity contribution in [2.75, 3.05) is 46.5 Å². The van der Waals surface area contributed by atoms with Crippen molar-refractivity contribution < 1.29 is 9.47 Å². The van der Waals surface area contributed by atoms with Crippen molar-refractivity contribution in [1.29, 1.82) is 0 Å². The Labute approximate surface area is 159 Å². The molecule has 1 spiro atoms. The molecule has 2 aliphatic rings. The molecule has 2 fully saturated rings. The highest BCUT2D eigenvalue weighted by Crippen LogP contribution is 2.34. The first kappa shape index (κ1) is 17.9. The quantitative estimate of drug-likeness (QED) is 0.806. The zero-order valence-corrected chi connectivity index (χ0v) is 16.2. The summed E-state index contributed by atoms with van der Waals surface area (Å²) in [5, 5.41) is 3.28. The van der Waals surface area contributed by atoms with E-state index >= 15 is 0 Å². The van der Waals surface area contributed by atoms with Crippen molar-refractivity contribution in [3.63, 3.8) is 0 Å². The van der Waals surface area contributed by atoms with Crippen LogP contribution < -0.4 is 4.74 Å². The van der Waals surface area contributed by atoms with Gasteiger partial charge in [-0.05, 0) is 30.7 Å². The first-order valence-corrected chi connectivity index (χ1v) is 10.2. The maximum Gasteiger partial charge on any atom is 0.118 e. The van der Waals surface area contributed by atoms with Gasteiger partial charge in [-0.25, -0.2) is 4.98 Å². The van der Waals surface area contributed by atoms with E-state index in [-0.39, 0.29) is 5.41 Å². The smallest absolute Gasteiger partial charge is 0.118 e. The van der Waals surface area contributed by atoms with Gasteiger partial charge in [0.2, 0.25) is 0 Å². The second-order valence-corrected chi connectivity index (χ2v) is 8.48. The monoisotopic (exact) mass is 373 g/mol. The van der Waals surface area contributed by atoms with Crippen LogP contribution in [0.1, 0.15) is 17.0 Å². The molecule has 6 heteroatoms. The number of methoxy groups -OCH3 is 1. The lowest BCUT2D eigenvalue weighted by atomic mass is 9.87. The number of hydrogen-bond acceptors (Lipinski definition) is 6. The van der Waals surface area contributed by atoms with Gasteiger partial charge in [-0.1, -0.05) is 12.1 Å². The average molecular weight is 374 g/mol. The Bertz CT molecular complexity index is 692. The molecule has 5 nitrogen and oxygen atoms in total. The Morgan fingerprint density at radius 1 is 1.15 bits per heavy atom. The second-order valence-electron chi connectivity index (χ2n) is 7.50. The molecule has 0 radical (unpaired) electrons. The Morgan fingerprint density at radius 2 is 1.96 bits per heavy atom. The van der Waals surface area contributed by atoms with Crippen LogP contribution in [0.2, 0.25) is 0 Å². The van der Waals surface area contributed by atoms with E-state index in [1.165, 1.54) is 17.0 Å². The predicted molar refractivity (Wildman–Crippen MR) is 104 cm³/mol. The lowest BCUT2D eigenvalue weighted by molar-refractivity contribution is 0.0706. The molecular weight excluding hydrogens is 346 g/mol. The van der Waals surface area contributed by atoms with Crippen LogP contribution in [0.25, 0.3) is 0 Å². The third-order valence-corrected chi connectivity index (χ3v) is 6.21. The number of likely N-dealkylation sites (tertiary alicyclic amines) is 1. The molecule has 2 aliphatic heterocycles. The van der Waals surface area contributed by atoms with Gasteiger partial charge >= 0.3 is 0 Å². The van der Waals surface area contributed by atoms with Crippen molar-refractivity contribution in [3.05, 3.63) is 46.4 Å². The van der Waals surface area contributed by atoms with Gasteiger partial charge in [-0.2, -0.15) is 0 Å². The highest BCUT2D eigenvalue weighted by Gasteiger charge is 2.41. The Morgan fingerprint density at radius 3 is 2.69 bits per heavy atom. The summed E-state index contributed by atoms with van der Waals surface area (Å²) in [6, 6.07) is 8.43. The summed E-state index contributed by atoms with van der Waals surface area (Å²) in [4.78, 5) is 9.54. The van der Waals surface area contributed by atoms with Gasteiger partial charge in [-0.3, -0.25) is 9.80 Å². The first-order valence-electron chi connectivity index (χ1n) is 9.28. The van der Waals surface area contributed by atoms with E-state index in [1.807, 2.05) is 18.3 Å². The van der Waals surface area contributed by atoms with E-state index in [0.717, 1.165) is 58.2 Å². The lowest BCUT2D eigenvalue weighted by Gasteiger charge is -2.32. The topological polar surface area (TPSA) is 37.8 Å². The Balaban J connectivity index is 1.39. The fourth-order valence-corrected chi connectivity index (χ4v) is 4.80. The number of rotatable bonds is 5. The van der Waals surface area contributed by atoms with Crippen LogP contribution in [0.4, 0.5) is 0 Å². The van der Waals surface area contributed by atoms with Gasteiger partial charge < -0.3 is 9.47 Å². The summed E-state index contributed by atoms with van der Waals surface area (Å²) >= 11 is 1.75. The zero-order chi connectivity index (χ0) is 17.8. The number of aromatic nitrogens is 1. The molecular formula is C20H27N3O2S. The van der Waals surface area contributed by atoms with Gasteiger partial charge in [0.1, 0.15) is 10.8 Å². The summed E-state index contributed by atoms with van der Waals surface area (Å²) in [5.74, 6) is 0.915. The van der Waals surface area contributed by atoms with Gasteiger partial charge in [0.25, 0.3) is 0 Å². The number of ether oxygens (including phenoxy) is 2. The summed E-state index contributed by atoms with van der Waals surface area (Å²) in [6.45, 7) is 7.99. The molecule has 2 aromatic rings.